The number of hydrogen-bond donors (Lipinski definition) is 0. The number of aryl methyl sites for hydroxylation is 1. The molecule has 0 amide bonds. The Morgan fingerprint density at radius 2 is 2.31 bits per heavy atom. The van der Waals surface area contributed by atoms with Crippen molar-refractivity contribution in [3.05, 3.63) is 17.7 Å². The minimum atomic E-state index is 0.0127. The van der Waals surface area contributed by atoms with Gasteiger partial charge in [-0.05, 0) is 13.8 Å². The Kier molecular flexibility index (Phi) is 1.83. The van der Waals surface area contributed by atoms with Crippen LogP contribution in [0.1, 0.15) is 31.0 Å². The van der Waals surface area contributed by atoms with Crippen molar-refractivity contribution in [3.8, 4) is 0 Å². The fourth-order valence-corrected chi connectivity index (χ4v) is 1.45. The number of aromatic nitrogens is 2. The van der Waals surface area contributed by atoms with Gasteiger partial charge in [-0.2, -0.15) is 0 Å². The van der Waals surface area contributed by atoms with E-state index in [9.17, 15) is 0 Å². The third kappa shape index (κ3) is 1.32. The molecule has 0 saturated carbocycles. The quantitative estimate of drug-likeness (QED) is 0.656. The first kappa shape index (κ1) is 8.29. The first-order valence-electron chi connectivity index (χ1n) is 4.36. The summed E-state index contributed by atoms with van der Waals surface area (Å²) >= 11 is 0. The molecule has 0 fully saturated rings. The van der Waals surface area contributed by atoms with Gasteiger partial charge in [0.25, 0.3) is 0 Å². The molecule has 0 N–H and O–H groups in total. The van der Waals surface area contributed by atoms with Gasteiger partial charge < -0.3 is 9.40 Å². The summed E-state index contributed by atoms with van der Waals surface area (Å²) in [6.45, 7) is 4.00. The number of nitrogens with zero attached hydrogens (tertiary/aromatic N) is 3. The highest BCUT2D eigenvalue weighted by Crippen LogP contribution is 2.25. The van der Waals surface area contributed by atoms with Gasteiger partial charge >= 0.3 is 0 Å². The summed E-state index contributed by atoms with van der Waals surface area (Å²) in [5.41, 5.74) is 2.17. The second kappa shape index (κ2) is 2.87. The Morgan fingerprint density at radius 3 is 2.77 bits per heavy atom. The Bertz CT molecular complexity index is 354. The summed E-state index contributed by atoms with van der Waals surface area (Å²) in [6, 6.07) is 0. The molecule has 70 valence electrons. The zero-order valence-corrected chi connectivity index (χ0v) is 8.11. The topological polar surface area (TPSA) is 39.4 Å². The van der Waals surface area contributed by atoms with Crippen molar-refractivity contribution in [2.24, 2.45) is 12.2 Å². The van der Waals surface area contributed by atoms with Gasteiger partial charge in [-0.25, -0.2) is 4.98 Å². The number of imidazole rings is 1. The number of rotatable bonds is 1. The maximum atomic E-state index is 5.25. The predicted octanol–water partition coefficient (Wildman–Crippen LogP) is 1.57. The molecule has 1 aliphatic heterocycles. The monoisotopic (exact) mass is 179 g/mol. The molecule has 1 aromatic rings. The smallest absolute Gasteiger partial charge is 0.190 e. The first-order valence-corrected chi connectivity index (χ1v) is 4.36. The summed E-state index contributed by atoms with van der Waals surface area (Å²) in [5.74, 6) is 0.957. The van der Waals surface area contributed by atoms with Gasteiger partial charge in [-0.3, -0.25) is 0 Å². The number of oxime groups is 1. The molecule has 2 rings (SSSR count). The fraction of sp³-hybridized carbons (Fsp3) is 0.556. The molecule has 4 heteroatoms. The van der Waals surface area contributed by atoms with Crippen LogP contribution >= 0.6 is 0 Å². The van der Waals surface area contributed by atoms with Crippen LogP contribution < -0.4 is 0 Å². The Balaban J connectivity index is 2.23. The zero-order chi connectivity index (χ0) is 9.42. The van der Waals surface area contributed by atoms with E-state index in [2.05, 4.69) is 10.1 Å². The van der Waals surface area contributed by atoms with E-state index >= 15 is 0 Å². The van der Waals surface area contributed by atoms with Gasteiger partial charge in [-0.1, -0.05) is 5.16 Å². The SMILES string of the molecule is CC1=NOC(c2ncc(C)n2C)C1. The lowest BCUT2D eigenvalue weighted by atomic mass is 10.2. The van der Waals surface area contributed by atoms with Crippen molar-refractivity contribution in [2.75, 3.05) is 0 Å². The normalized spacial score (nSPS) is 21.5. The van der Waals surface area contributed by atoms with Gasteiger partial charge in [0.2, 0.25) is 0 Å². The lowest BCUT2D eigenvalue weighted by molar-refractivity contribution is 0.0770. The molecule has 4 nitrogen and oxygen atoms in total. The highest BCUT2D eigenvalue weighted by Gasteiger charge is 2.24. The molecule has 1 unspecified atom stereocenters. The summed E-state index contributed by atoms with van der Waals surface area (Å²) in [5, 5.41) is 3.91. The van der Waals surface area contributed by atoms with Crippen LogP contribution in [-0.4, -0.2) is 15.3 Å². The van der Waals surface area contributed by atoms with E-state index in [1.165, 1.54) is 0 Å². The Labute approximate surface area is 77.2 Å². The predicted molar refractivity (Wildman–Crippen MR) is 49.5 cm³/mol. The van der Waals surface area contributed by atoms with Gasteiger partial charge in [-0.15, -0.1) is 0 Å². The molecule has 0 radical (unpaired) electrons. The molecule has 2 heterocycles. The van der Waals surface area contributed by atoms with Crippen molar-refractivity contribution >= 4 is 5.71 Å². The minimum Gasteiger partial charge on any atom is -0.384 e. The second-order valence-corrected chi connectivity index (χ2v) is 3.44. The van der Waals surface area contributed by atoms with E-state index in [1.54, 1.807) is 0 Å². The van der Waals surface area contributed by atoms with E-state index < -0.39 is 0 Å². The van der Waals surface area contributed by atoms with Crippen LogP contribution in [0.25, 0.3) is 0 Å². The largest absolute Gasteiger partial charge is 0.384 e. The Hall–Kier alpha value is -1.32. The molecule has 13 heavy (non-hydrogen) atoms. The fourth-order valence-electron chi connectivity index (χ4n) is 1.45. The van der Waals surface area contributed by atoms with Crippen LogP contribution in [0.2, 0.25) is 0 Å². The summed E-state index contributed by atoms with van der Waals surface area (Å²) in [4.78, 5) is 9.55. The van der Waals surface area contributed by atoms with Crippen molar-refractivity contribution in [1.82, 2.24) is 9.55 Å². The van der Waals surface area contributed by atoms with Crippen LogP contribution in [0.15, 0.2) is 11.4 Å². The number of hydrogen-bond acceptors (Lipinski definition) is 3. The molecule has 0 aromatic carbocycles. The highest BCUT2D eigenvalue weighted by atomic mass is 16.6. The first-order chi connectivity index (χ1) is 6.18. The van der Waals surface area contributed by atoms with Crippen LogP contribution in [0.3, 0.4) is 0 Å². The average Bonchev–Trinajstić information content (AvgIpc) is 2.62. The molecule has 1 atom stereocenters. The van der Waals surface area contributed by atoms with Crippen LogP contribution in [0.4, 0.5) is 0 Å². The van der Waals surface area contributed by atoms with E-state index in [4.69, 9.17) is 4.84 Å². The highest BCUT2D eigenvalue weighted by molar-refractivity contribution is 5.82. The van der Waals surface area contributed by atoms with Crippen LogP contribution in [-0.2, 0) is 11.9 Å². The van der Waals surface area contributed by atoms with Crippen LogP contribution in [0.5, 0.6) is 0 Å². The lowest BCUT2D eigenvalue weighted by Crippen LogP contribution is -2.06. The van der Waals surface area contributed by atoms with E-state index in [0.29, 0.717) is 0 Å². The van der Waals surface area contributed by atoms with Gasteiger partial charge in [0.1, 0.15) is 0 Å². The lowest BCUT2D eigenvalue weighted by Gasteiger charge is -2.08. The maximum absolute atomic E-state index is 5.25. The van der Waals surface area contributed by atoms with Crippen LogP contribution in [0, 0.1) is 6.92 Å². The van der Waals surface area contributed by atoms with Crippen molar-refractivity contribution in [2.45, 2.75) is 26.4 Å². The van der Waals surface area contributed by atoms with Gasteiger partial charge in [0, 0.05) is 25.4 Å². The molecule has 0 saturated heterocycles. The zero-order valence-electron chi connectivity index (χ0n) is 8.11. The third-order valence-electron chi connectivity index (χ3n) is 2.36. The molecule has 1 aromatic heterocycles. The van der Waals surface area contributed by atoms with E-state index in [1.807, 2.05) is 31.7 Å². The summed E-state index contributed by atoms with van der Waals surface area (Å²) < 4.78 is 2.04. The standard InChI is InChI=1S/C9H13N3O/c1-6-4-8(13-11-6)9-10-5-7(2)12(9)3/h5,8H,4H2,1-3H3. The summed E-state index contributed by atoms with van der Waals surface area (Å²) in [7, 11) is 1.99. The Morgan fingerprint density at radius 1 is 1.54 bits per heavy atom. The van der Waals surface area contributed by atoms with Crippen molar-refractivity contribution in [1.29, 1.82) is 0 Å². The second-order valence-electron chi connectivity index (χ2n) is 3.44. The molecular formula is C9H13N3O. The average molecular weight is 179 g/mol. The molecule has 0 aliphatic carbocycles. The molecule has 0 spiro atoms. The molecule has 0 bridgehead atoms. The van der Waals surface area contributed by atoms with Gasteiger partial charge in [0.05, 0.1) is 5.71 Å². The van der Waals surface area contributed by atoms with E-state index in [0.717, 1.165) is 23.7 Å². The van der Waals surface area contributed by atoms with Crippen molar-refractivity contribution in [3.63, 3.8) is 0 Å². The molecule has 1 aliphatic rings. The van der Waals surface area contributed by atoms with E-state index in [-0.39, 0.29) is 6.10 Å². The third-order valence-corrected chi connectivity index (χ3v) is 2.36. The maximum Gasteiger partial charge on any atom is 0.190 e. The minimum absolute atomic E-state index is 0.0127. The summed E-state index contributed by atoms with van der Waals surface area (Å²) in [6.07, 6.45) is 2.72. The van der Waals surface area contributed by atoms with Crippen molar-refractivity contribution < 1.29 is 4.84 Å². The molecular weight excluding hydrogens is 166 g/mol. The van der Waals surface area contributed by atoms with Gasteiger partial charge in [0.15, 0.2) is 11.9 Å².